The number of piperidine rings is 1. The average molecular weight is 549 g/mol. The van der Waals surface area contributed by atoms with Crippen LogP contribution in [0.1, 0.15) is 40.0 Å². The van der Waals surface area contributed by atoms with Crippen LogP contribution in [0.3, 0.4) is 0 Å². The number of hydrogen-bond acceptors (Lipinski definition) is 9. The Kier molecular flexibility index (Phi) is 9.53. The standard InChI is InChI=1S/C29H28N2O9/c32-24(39-22-8-4-20(5-9-22)26(34)28(36)30-14-2-1-3-15-30)12-13-25(33)40-23-10-6-21(7-11-23)27(35)29(37)31-16-18-38-19-17-31/h4-13H,1-3,14-19H2/b13-12+. The summed E-state index contributed by atoms with van der Waals surface area (Å²) in [6, 6.07) is 11.0. The molecule has 2 heterocycles. The van der Waals surface area contributed by atoms with E-state index in [1.165, 1.54) is 53.4 Å². The summed E-state index contributed by atoms with van der Waals surface area (Å²) in [5.41, 5.74) is 0.340. The number of benzene rings is 2. The Hall–Kier alpha value is -4.64. The molecule has 0 aliphatic carbocycles. The average Bonchev–Trinajstić information content (AvgIpc) is 3.00. The zero-order valence-corrected chi connectivity index (χ0v) is 21.7. The zero-order valence-electron chi connectivity index (χ0n) is 21.7. The van der Waals surface area contributed by atoms with Gasteiger partial charge in [-0.2, -0.15) is 0 Å². The van der Waals surface area contributed by atoms with Crippen molar-refractivity contribution >= 4 is 35.3 Å². The van der Waals surface area contributed by atoms with E-state index in [2.05, 4.69) is 0 Å². The Balaban J connectivity index is 1.24. The largest absolute Gasteiger partial charge is 0.423 e. The van der Waals surface area contributed by atoms with Crippen molar-refractivity contribution in [3.05, 3.63) is 71.8 Å². The number of amides is 2. The van der Waals surface area contributed by atoms with Crippen LogP contribution in [-0.4, -0.2) is 84.5 Å². The first-order valence-electron chi connectivity index (χ1n) is 12.9. The molecule has 0 aromatic heterocycles. The highest BCUT2D eigenvalue weighted by Gasteiger charge is 2.25. The predicted molar refractivity (Wildman–Crippen MR) is 140 cm³/mol. The molecule has 0 saturated carbocycles. The molecule has 2 aliphatic rings. The Labute approximate surface area is 230 Å². The number of likely N-dealkylation sites (tertiary alicyclic amines) is 1. The second kappa shape index (κ2) is 13.4. The van der Waals surface area contributed by atoms with Gasteiger partial charge in [0.15, 0.2) is 0 Å². The highest BCUT2D eigenvalue weighted by atomic mass is 16.5. The molecule has 0 atom stereocenters. The van der Waals surface area contributed by atoms with Gasteiger partial charge >= 0.3 is 11.9 Å². The predicted octanol–water partition coefficient (Wildman–Crippen LogP) is 1.99. The van der Waals surface area contributed by atoms with Crippen LogP contribution in [0.2, 0.25) is 0 Å². The summed E-state index contributed by atoms with van der Waals surface area (Å²) >= 11 is 0. The van der Waals surface area contributed by atoms with E-state index >= 15 is 0 Å². The Morgan fingerprint density at radius 3 is 1.40 bits per heavy atom. The highest BCUT2D eigenvalue weighted by molar-refractivity contribution is 6.43. The van der Waals surface area contributed by atoms with E-state index in [0.29, 0.717) is 39.4 Å². The van der Waals surface area contributed by atoms with Crippen LogP contribution >= 0.6 is 0 Å². The van der Waals surface area contributed by atoms with Gasteiger partial charge in [-0.3, -0.25) is 19.2 Å². The van der Waals surface area contributed by atoms with Crippen molar-refractivity contribution in [2.45, 2.75) is 19.3 Å². The lowest BCUT2D eigenvalue weighted by atomic mass is 10.1. The monoisotopic (exact) mass is 548 g/mol. The third-order valence-electron chi connectivity index (χ3n) is 6.36. The Morgan fingerprint density at radius 1 is 0.575 bits per heavy atom. The van der Waals surface area contributed by atoms with Gasteiger partial charge < -0.3 is 24.0 Å². The number of hydrogen-bond donors (Lipinski definition) is 0. The second-order valence-corrected chi connectivity index (χ2v) is 9.14. The molecular weight excluding hydrogens is 520 g/mol. The molecular formula is C29H28N2O9. The van der Waals surface area contributed by atoms with Crippen LogP contribution < -0.4 is 9.47 Å². The van der Waals surface area contributed by atoms with Gasteiger partial charge in [0.2, 0.25) is 11.6 Å². The van der Waals surface area contributed by atoms with E-state index in [9.17, 15) is 28.8 Å². The molecule has 2 saturated heterocycles. The minimum Gasteiger partial charge on any atom is -0.423 e. The molecule has 2 fully saturated rings. The van der Waals surface area contributed by atoms with Crippen molar-refractivity contribution in [1.82, 2.24) is 9.80 Å². The summed E-state index contributed by atoms with van der Waals surface area (Å²) in [5, 5.41) is 0. The number of morpholine rings is 1. The van der Waals surface area contributed by atoms with Crippen molar-refractivity contribution < 1.29 is 43.0 Å². The molecule has 11 nitrogen and oxygen atoms in total. The van der Waals surface area contributed by atoms with Gasteiger partial charge in [-0.1, -0.05) is 0 Å². The van der Waals surface area contributed by atoms with Gasteiger partial charge in [0.1, 0.15) is 11.5 Å². The van der Waals surface area contributed by atoms with Gasteiger partial charge in [0.25, 0.3) is 11.8 Å². The first-order chi connectivity index (χ1) is 19.3. The number of ketones is 2. The van der Waals surface area contributed by atoms with Crippen LogP contribution in [0.4, 0.5) is 0 Å². The molecule has 0 unspecified atom stereocenters. The topological polar surface area (TPSA) is 137 Å². The van der Waals surface area contributed by atoms with Crippen LogP contribution in [0, 0.1) is 0 Å². The van der Waals surface area contributed by atoms with Crippen molar-refractivity contribution in [1.29, 1.82) is 0 Å². The number of Topliss-reactive ketones (excluding diaryl/α,β-unsaturated/α-hetero) is 2. The number of carbonyl (C=O) groups is 6. The molecule has 40 heavy (non-hydrogen) atoms. The van der Waals surface area contributed by atoms with Crippen molar-refractivity contribution in [2.75, 3.05) is 39.4 Å². The number of nitrogens with zero attached hydrogens (tertiary/aromatic N) is 2. The summed E-state index contributed by atoms with van der Waals surface area (Å²) in [6.45, 7) is 2.58. The highest BCUT2D eigenvalue weighted by Crippen LogP contribution is 2.17. The molecule has 2 aromatic rings. The zero-order chi connectivity index (χ0) is 28.5. The SMILES string of the molecule is O=C(/C=C/C(=O)Oc1ccc(C(=O)C(=O)N2CCOCC2)cc1)Oc1ccc(C(=O)C(=O)N2CCCCC2)cc1. The lowest BCUT2D eigenvalue weighted by molar-refractivity contribution is -0.131. The minimum absolute atomic E-state index is 0.109. The quantitative estimate of drug-likeness (QED) is 0.159. The molecule has 0 N–H and O–H groups in total. The van der Waals surface area contributed by atoms with Gasteiger partial charge in [-0.05, 0) is 67.8 Å². The lowest BCUT2D eigenvalue weighted by Crippen LogP contribution is -2.44. The van der Waals surface area contributed by atoms with E-state index in [4.69, 9.17) is 14.2 Å². The number of rotatable bonds is 8. The van der Waals surface area contributed by atoms with Gasteiger partial charge in [0, 0.05) is 49.5 Å². The molecule has 208 valence electrons. The van der Waals surface area contributed by atoms with E-state index in [1.54, 1.807) is 4.90 Å². The Morgan fingerprint density at radius 2 is 0.975 bits per heavy atom. The fourth-order valence-corrected chi connectivity index (χ4v) is 4.18. The molecule has 0 spiro atoms. The second-order valence-electron chi connectivity index (χ2n) is 9.14. The Bertz CT molecular complexity index is 1200. The lowest BCUT2D eigenvalue weighted by Gasteiger charge is -2.26. The first-order valence-corrected chi connectivity index (χ1v) is 12.9. The van der Waals surface area contributed by atoms with Gasteiger partial charge in [0.05, 0.1) is 13.2 Å². The molecule has 0 radical (unpaired) electrons. The van der Waals surface area contributed by atoms with E-state index in [0.717, 1.165) is 31.4 Å². The molecule has 2 amide bonds. The molecule has 2 aliphatic heterocycles. The van der Waals surface area contributed by atoms with Crippen LogP contribution in [0.15, 0.2) is 60.7 Å². The minimum atomic E-state index is -0.863. The summed E-state index contributed by atoms with van der Waals surface area (Å²) < 4.78 is 15.4. The normalized spacial score (nSPS) is 15.4. The van der Waals surface area contributed by atoms with Crippen LogP contribution in [-0.2, 0) is 23.9 Å². The fourth-order valence-electron chi connectivity index (χ4n) is 4.18. The van der Waals surface area contributed by atoms with Crippen molar-refractivity contribution in [2.24, 2.45) is 0 Å². The molecule has 11 heteroatoms. The molecule has 4 rings (SSSR count). The van der Waals surface area contributed by atoms with E-state index in [1.807, 2.05) is 0 Å². The van der Waals surface area contributed by atoms with Gasteiger partial charge in [-0.25, -0.2) is 9.59 Å². The summed E-state index contributed by atoms with van der Waals surface area (Å²) in [5.74, 6) is -3.96. The number of carbonyl (C=O) groups excluding carboxylic acids is 6. The van der Waals surface area contributed by atoms with E-state index < -0.39 is 35.3 Å². The van der Waals surface area contributed by atoms with Crippen molar-refractivity contribution in [3.8, 4) is 11.5 Å². The first kappa shape index (κ1) is 28.4. The maximum atomic E-state index is 12.5. The summed E-state index contributed by atoms with van der Waals surface area (Å²) in [4.78, 5) is 76.7. The third-order valence-corrected chi connectivity index (χ3v) is 6.36. The molecule has 2 aromatic carbocycles. The maximum absolute atomic E-state index is 12.5. The van der Waals surface area contributed by atoms with E-state index in [-0.39, 0.29) is 22.6 Å². The van der Waals surface area contributed by atoms with Gasteiger partial charge in [-0.15, -0.1) is 0 Å². The fraction of sp³-hybridized carbons (Fsp3) is 0.310. The maximum Gasteiger partial charge on any atom is 0.336 e. The summed E-state index contributed by atoms with van der Waals surface area (Å²) in [7, 11) is 0. The molecule has 0 bridgehead atoms. The smallest absolute Gasteiger partial charge is 0.336 e. The van der Waals surface area contributed by atoms with Crippen LogP contribution in [0.5, 0.6) is 11.5 Å². The van der Waals surface area contributed by atoms with Crippen LogP contribution in [0.25, 0.3) is 0 Å². The third kappa shape index (κ3) is 7.48. The summed E-state index contributed by atoms with van der Waals surface area (Å²) in [6.07, 6.45) is 4.54. The number of ether oxygens (including phenoxy) is 3. The van der Waals surface area contributed by atoms with Crippen molar-refractivity contribution in [3.63, 3.8) is 0 Å². The number of esters is 2.